The standard InChI is InChI=1S/C27H32ClN3O5Si/c1-4-27(36-21(32)14-29)18-13-19-23(31-15-17-9-6-5-8-16(17)12-20(31)30-19)24(33)22(18)25(35-26(27)34)37(2,3)11-7-10-28/h5-6,8-9,12,25,30H,4,7,10-11,13-15,29H2,1-3H3. The number of rotatable bonds is 7. The second kappa shape index (κ2) is 9.45. The van der Waals surface area contributed by atoms with Gasteiger partial charge in [-0.2, -0.15) is 0 Å². The molecule has 3 heterocycles. The van der Waals surface area contributed by atoms with Gasteiger partial charge >= 0.3 is 11.9 Å². The van der Waals surface area contributed by atoms with Gasteiger partial charge in [-0.3, -0.25) is 9.59 Å². The Kier molecular flexibility index (Phi) is 6.58. The molecular weight excluding hydrogens is 510 g/mol. The number of halogens is 1. The molecule has 0 aromatic heterocycles. The molecule has 1 aliphatic carbocycles. The first-order valence-corrected chi connectivity index (χ1v) is 16.5. The van der Waals surface area contributed by atoms with Crippen LogP contribution in [0.3, 0.4) is 0 Å². The van der Waals surface area contributed by atoms with Gasteiger partial charge in [-0.1, -0.05) is 50.3 Å². The molecule has 0 fully saturated rings. The number of nitrogens with one attached hydrogen (secondary N) is 1. The number of hydrogen-bond donors (Lipinski definition) is 2. The molecule has 0 saturated heterocycles. The summed E-state index contributed by atoms with van der Waals surface area (Å²) in [6, 6.07) is 8.86. The van der Waals surface area contributed by atoms with Gasteiger partial charge < -0.3 is 25.4 Å². The van der Waals surface area contributed by atoms with E-state index in [0.29, 0.717) is 35.0 Å². The Labute approximate surface area is 222 Å². The van der Waals surface area contributed by atoms with Crippen LogP contribution in [0.25, 0.3) is 6.08 Å². The lowest BCUT2D eigenvalue weighted by Crippen LogP contribution is -2.59. The minimum absolute atomic E-state index is 0.139. The molecule has 0 amide bonds. The number of esters is 2. The molecule has 1 aromatic carbocycles. The van der Waals surface area contributed by atoms with E-state index < -0.39 is 31.3 Å². The lowest BCUT2D eigenvalue weighted by atomic mass is 9.77. The van der Waals surface area contributed by atoms with Gasteiger partial charge in [-0.25, -0.2) is 4.79 Å². The number of carbonyl (C=O) groups is 3. The fraction of sp³-hybridized carbons (Fsp3) is 0.444. The van der Waals surface area contributed by atoms with E-state index in [1.165, 1.54) is 0 Å². The quantitative estimate of drug-likeness (QED) is 0.307. The van der Waals surface area contributed by atoms with Gasteiger partial charge in [0.2, 0.25) is 11.4 Å². The highest BCUT2D eigenvalue weighted by Gasteiger charge is 2.59. The number of nitrogens with two attached hydrogens (primary N) is 1. The van der Waals surface area contributed by atoms with Crippen LogP contribution in [0.4, 0.5) is 0 Å². The zero-order valence-corrected chi connectivity index (χ0v) is 23.1. The molecule has 0 radical (unpaired) electrons. The Bertz CT molecular complexity index is 1290. The van der Waals surface area contributed by atoms with Crippen molar-refractivity contribution in [3.05, 3.63) is 63.8 Å². The average molecular weight is 542 g/mol. The highest BCUT2D eigenvalue weighted by atomic mass is 35.5. The summed E-state index contributed by atoms with van der Waals surface area (Å²) >= 11 is 6.01. The van der Waals surface area contributed by atoms with Crippen LogP contribution in [0.5, 0.6) is 0 Å². The van der Waals surface area contributed by atoms with E-state index in [1.54, 1.807) is 6.92 Å². The number of ketones is 1. The number of allylic oxidation sites excluding steroid dienone is 2. The lowest BCUT2D eigenvalue weighted by molar-refractivity contribution is -0.181. The molecule has 0 bridgehead atoms. The van der Waals surface area contributed by atoms with Crippen LogP contribution in [-0.4, -0.2) is 54.4 Å². The maximum absolute atomic E-state index is 14.4. The summed E-state index contributed by atoms with van der Waals surface area (Å²) in [7, 11) is -2.33. The van der Waals surface area contributed by atoms with Crippen molar-refractivity contribution in [2.75, 3.05) is 12.4 Å². The second-order valence-corrected chi connectivity index (χ2v) is 16.0. The SMILES string of the molecule is CCC1(OC(=O)CN)C(=O)OC([Si](C)(C)CCCCl)C2=C1CC1=C(C2=O)N2Cc3ccccc3C=C2N1. The maximum atomic E-state index is 14.4. The monoisotopic (exact) mass is 541 g/mol. The van der Waals surface area contributed by atoms with Crippen LogP contribution in [0, 0.1) is 0 Å². The van der Waals surface area contributed by atoms with Crippen LogP contribution in [0.1, 0.15) is 37.3 Å². The molecule has 2 unspecified atom stereocenters. The zero-order chi connectivity index (χ0) is 26.5. The first kappa shape index (κ1) is 25.8. The summed E-state index contributed by atoms with van der Waals surface area (Å²) in [4.78, 5) is 42.5. The maximum Gasteiger partial charge on any atom is 0.355 e. The summed E-state index contributed by atoms with van der Waals surface area (Å²) in [5.74, 6) is -0.224. The van der Waals surface area contributed by atoms with Crippen molar-refractivity contribution in [1.29, 1.82) is 0 Å². The van der Waals surface area contributed by atoms with E-state index in [2.05, 4.69) is 24.5 Å². The minimum atomic E-state index is -2.33. The number of benzene rings is 1. The van der Waals surface area contributed by atoms with E-state index in [-0.39, 0.29) is 25.2 Å². The van der Waals surface area contributed by atoms with Crippen molar-refractivity contribution in [3.8, 4) is 0 Å². The van der Waals surface area contributed by atoms with E-state index in [4.69, 9.17) is 26.8 Å². The lowest BCUT2D eigenvalue weighted by Gasteiger charge is -2.46. The van der Waals surface area contributed by atoms with Gasteiger partial charge in [0.05, 0.1) is 13.1 Å². The zero-order valence-electron chi connectivity index (χ0n) is 21.4. The summed E-state index contributed by atoms with van der Waals surface area (Å²) in [6.07, 6.45) is 3.21. The number of fused-ring (bicyclic) bond motifs is 3. The molecule has 3 N–H and O–H groups in total. The van der Waals surface area contributed by atoms with Crippen molar-refractivity contribution < 1.29 is 23.9 Å². The van der Waals surface area contributed by atoms with Crippen molar-refractivity contribution in [3.63, 3.8) is 0 Å². The molecule has 2 atom stereocenters. The largest absolute Gasteiger partial charge is 0.458 e. The third-order valence-corrected chi connectivity index (χ3v) is 11.6. The van der Waals surface area contributed by atoms with Gasteiger partial charge in [0.15, 0.2) is 0 Å². The highest BCUT2D eigenvalue weighted by Crippen LogP contribution is 2.49. The number of nitrogens with zero attached hydrogens (tertiary/aromatic N) is 1. The molecule has 37 heavy (non-hydrogen) atoms. The van der Waals surface area contributed by atoms with Crippen LogP contribution < -0.4 is 11.1 Å². The highest BCUT2D eigenvalue weighted by molar-refractivity contribution is 6.80. The smallest absolute Gasteiger partial charge is 0.355 e. The fourth-order valence-corrected chi connectivity index (χ4v) is 9.12. The molecule has 3 aliphatic heterocycles. The van der Waals surface area contributed by atoms with Gasteiger partial charge in [-0.05, 0) is 30.0 Å². The van der Waals surface area contributed by atoms with E-state index in [1.807, 2.05) is 29.2 Å². The number of hydrogen-bond acceptors (Lipinski definition) is 8. The average Bonchev–Trinajstić information content (AvgIpc) is 3.24. The third-order valence-electron chi connectivity index (χ3n) is 7.86. The van der Waals surface area contributed by atoms with E-state index >= 15 is 0 Å². The van der Waals surface area contributed by atoms with Crippen molar-refractivity contribution >= 4 is 43.5 Å². The van der Waals surface area contributed by atoms with Crippen molar-refractivity contribution in [2.24, 2.45) is 5.73 Å². The molecule has 0 saturated carbocycles. The van der Waals surface area contributed by atoms with Crippen LogP contribution in [0.15, 0.2) is 52.6 Å². The minimum Gasteiger partial charge on any atom is -0.458 e. The number of carbonyl (C=O) groups excluding carboxylic acids is 3. The molecular formula is C27H32ClN3O5Si. The Morgan fingerprint density at radius 3 is 2.78 bits per heavy atom. The van der Waals surface area contributed by atoms with Crippen molar-refractivity contribution in [1.82, 2.24) is 10.2 Å². The van der Waals surface area contributed by atoms with Crippen LogP contribution in [-0.2, 0) is 30.4 Å². The Balaban J connectivity index is 1.63. The summed E-state index contributed by atoms with van der Waals surface area (Å²) in [6.45, 7) is 6.15. The number of cyclic esters (lactones) is 1. The predicted molar refractivity (Wildman–Crippen MR) is 142 cm³/mol. The first-order valence-electron chi connectivity index (χ1n) is 12.7. The summed E-state index contributed by atoms with van der Waals surface area (Å²) in [5, 5.41) is 3.42. The molecule has 196 valence electrons. The Morgan fingerprint density at radius 2 is 2.08 bits per heavy atom. The molecule has 4 aliphatic rings. The van der Waals surface area contributed by atoms with Crippen LogP contribution in [0.2, 0.25) is 19.1 Å². The predicted octanol–water partition coefficient (Wildman–Crippen LogP) is 3.34. The Morgan fingerprint density at radius 1 is 1.32 bits per heavy atom. The Hall–Kier alpha value is -2.88. The van der Waals surface area contributed by atoms with Gasteiger partial charge in [0.25, 0.3) is 0 Å². The van der Waals surface area contributed by atoms with Crippen LogP contribution >= 0.6 is 11.6 Å². The number of alkyl halides is 1. The second-order valence-electron chi connectivity index (χ2n) is 10.6. The molecule has 5 rings (SSSR count). The van der Waals surface area contributed by atoms with Gasteiger partial charge in [-0.15, -0.1) is 11.6 Å². The van der Waals surface area contributed by atoms with Gasteiger partial charge in [0, 0.05) is 29.1 Å². The number of ether oxygens (including phenoxy) is 2. The molecule has 10 heteroatoms. The fourth-order valence-electron chi connectivity index (χ4n) is 5.90. The normalized spacial score (nSPS) is 24.5. The topological polar surface area (TPSA) is 111 Å². The third kappa shape index (κ3) is 4.04. The van der Waals surface area contributed by atoms with E-state index in [9.17, 15) is 14.4 Å². The molecule has 8 nitrogen and oxygen atoms in total. The molecule has 1 aromatic rings. The van der Waals surface area contributed by atoms with Gasteiger partial charge in [0.1, 0.15) is 25.3 Å². The summed E-state index contributed by atoms with van der Waals surface area (Å²) in [5.41, 5.74) is 7.66. The van der Waals surface area contributed by atoms with E-state index in [0.717, 1.165) is 29.4 Å². The summed E-state index contributed by atoms with van der Waals surface area (Å²) < 4.78 is 11.8. The molecule has 0 spiro atoms. The first-order chi connectivity index (χ1) is 17.7. The number of Topliss-reactive ketones (excluding diaryl/α,β-unsaturated/α-hetero) is 1. The van der Waals surface area contributed by atoms with Crippen molar-refractivity contribution in [2.45, 2.75) is 63.2 Å².